The van der Waals surface area contributed by atoms with Crippen LogP contribution < -0.4 is 10.1 Å². The van der Waals surface area contributed by atoms with Gasteiger partial charge in [0.05, 0.1) is 11.8 Å². The molecule has 0 saturated heterocycles. The molecule has 2 rings (SSSR count). The molecule has 0 spiro atoms. The molecule has 1 N–H and O–H groups in total. The van der Waals surface area contributed by atoms with Crippen LogP contribution in [0.2, 0.25) is 0 Å². The van der Waals surface area contributed by atoms with Gasteiger partial charge in [0.15, 0.2) is 11.6 Å². The SMILES string of the molecule is CC(C)Oc1cccc(CNc2cccc(F)c2F)c1. The van der Waals surface area contributed by atoms with Crippen molar-refractivity contribution >= 4 is 5.69 Å². The third-order valence-electron chi connectivity index (χ3n) is 2.70. The number of benzene rings is 2. The van der Waals surface area contributed by atoms with E-state index >= 15 is 0 Å². The van der Waals surface area contributed by atoms with Crippen LogP contribution in [0.15, 0.2) is 42.5 Å². The molecule has 0 atom stereocenters. The Morgan fingerprint density at radius 3 is 2.60 bits per heavy atom. The summed E-state index contributed by atoms with van der Waals surface area (Å²) < 4.78 is 32.2. The molecule has 20 heavy (non-hydrogen) atoms. The summed E-state index contributed by atoms with van der Waals surface area (Å²) in [5.74, 6) is -0.951. The van der Waals surface area contributed by atoms with Crippen LogP contribution in [0.25, 0.3) is 0 Å². The van der Waals surface area contributed by atoms with Crippen LogP contribution in [-0.2, 0) is 6.54 Å². The van der Waals surface area contributed by atoms with E-state index in [1.165, 1.54) is 12.1 Å². The molecule has 0 aromatic heterocycles. The lowest BCUT2D eigenvalue weighted by atomic mass is 10.2. The minimum absolute atomic E-state index is 0.0962. The number of nitrogens with one attached hydrogen (secondary N) is 1. The Morgan fingerprint density at radius 1 is 1.10 bits per heavy atom. The number of anilines is 1. The molecule has 0 aliphatic carbocycles. The van der Waals surface area contributed by atoms with Gasteiger partial charge < -0.3 is 10.1 Å². The molecule has 0 saturated carbocycles. The molecule has 2 aromatic carbocycles. The highest BCUT2D eigenvalue weighted by molar-refractivity contribution is 5.45. The zero-order chi connectivity index (χ0) is 14.5. The van der Waals surface area contributed by atoms with Gasteiger partial charge in [-0.05, 0) is 43.7 Å². The van der Waals surface area contributed by atoms with E-state index in [-0.39, 0.29) is 11.8 Å². The Kier molecular flexibility index (Phi) is 4.56. The quantitative estimate of drug-likeness (QED) is 0.876. The van der Waals surface area contributed by atoms with Crippen LogP contribution in [0.4, 0.5) is 14.5 Å². The van der Waals surface area contributed by atoms with Gasteiger partial charge in [-0.3, -0.25) is 0 Å². The van der Waals surface area contributed by atoms with Crippen molar-refractivity contribution in [3.8, 4) is 5.75 Å². The van der Waals surface area contributed by atoms with Crippen LogP contribution in [0.5, 0.6) is 5.75 Å². The van der Waals surface area contributed by atoms with Crippen LogP contribution in [0, 0.1) is 11.6 Å². The van der Waals surface area contributed by atoms with Crippen molar-refractivity contribution < 1.29 is 13.5 Å². The van der Waals surface area contributed by atoms with Crippen LogP contribution >= 0.6 is 0 Å². The van der Waals surface area contributed by atoms with Crippen molar-refractivity contribution in [1.82, 2.24) is 0 Å². The summed E-state index contributed by atoms with van der Waals surface area (Å²) in [5, 5.41) is 2.88. The number of hydrogen-bond acceptors (Lipinski definition) is 2. The summed E-state index contributed by atoms with van der Waals surface area (Å²) in [6, 6.07) is 11.6. The predicted molar refractivity (Wildman–Crippen MR) is 75.9 cm³/mol. The summed E-state index contributed by atoms with van der Waals surface area (Å²) >= 11 is 0. The average molecular weight is 277 g/mol. The van der Waals surface area contributed by atoms with Crippen LogP contribution in [-0.4, -0.2) is 6.10 Å². The fourth-order valence-corrected chi connectivity index (χ4v) is 1.84. The van der Waals surface area contributed by atoms with E-state index in [0.717, 1.165) is 17.4 Å². The van der Waals surface area contributed by atoms with Gasteiger partial charge >= 0.3 is 0 Å². The van der Waals surface area contributed by atoms with Gasteiger partial charge in [0.25, 0.3) is 0 Å². The minimum atomic E-state index is -0.859. The number of halogens is 2. The lowest BCUT2D eigenvalue weighted by molar-refractivity contribution is 0.242. The van der Waals surface area contributed by atoms with Crippen LogP contribution in [0.1, 0.15) is 19.4 Å². The Hall–Kier alpha value is -2.10. The minimum Gasteiger partial charge on any atom is -0.491 e. The largest absolute Gasteiger partial charge is 0.491 e. The summed E-state index contributed by atoms with van der Waals surface area (Å²) in [4.78, 5) is 0. The molecule has 0 heterocycles. The first kappa shape index (κ1) is 14.3. The Morgan fingerprint density at radius 2 is 1.85 bits per heavy atom. The van der Waals surface area contributed by atoms with E-state index in [2.05, 4.69) is 5.32 Å². The van der Waals surface area contributed by atoms with E-state index in [4.69, 9.17) is 4.74 Å². The third-order valence-corrected chi connectivity index (χ3v) is 2.70. The Labute approximate surface area is 117 Å². The molecule has 2 aromatic rings. The van der Waals surface area contributed by atoms with Crippen molar-refractivity contribution in [2.24, 2.45) is 0 Å². The van der Waals surface area contributed by atoms with Gasteiger partial charge in [-0.25, -0.2) is 8.78 Å². The maximum absolute atomic E-state index is 13.5. The van der Waals surface area contributed by atoms with Crippen molar-refractivity contribution in [2.45, 2.75) is 26.5 Å². The lowest BCUT2D eigenvalue weighted by Gasteiger charge is -2.12. The molecule has 2 nitrogen and oxygen atoms in total. The molecule has 0 unspecified atom stereocenters. The number of hydrogen-bond donors (Lipinski definition) is 1. The van der Waals surface area contributed by atoms with E-state index in [1.807, 2.05) is 38.1 Å². The molecule has 0 bridgehead atoms. The maximum Gasteiger partial charge on any atom is 0.181 e. The molecular weight excluding hydrogens is 260 g/mol. The molecule has 0 aliphatic heterocycles. The summed E-state index contributed by atoms with van der Waals surface area (Å²) in [6.45, 7) is 4.30. The predicted octanol–water partition coefficient (Wildman–Crippen LogP) is 4.36. The smallest absolute Gasteiger partial charge is 0.181 e. The molecule has 106 valence electrons. The zero-order valence-corrected chi connectivity index (χ0v) is 11.5. The second-order valence-electron chi connectivity index (χ2n) is 4.77. The topological polar surface area (TPSA) is 21.3 Å². The fourth-order valence-electron chi connectivity index (χ4n) is 1.84. The van der Waals surface area contributed by atoms with E-state index < -0.39 is 11.6 Å². The maximum atomic E-state index is 13.5. The second kappa shape index (κ2) is 6.37. The Balaban J connectivity index is 2.05. The third kappa shape index (κ3) is 3.70. The summed E-state index contributed by atoms with van der Waals surface area (Å²) in [5.41, 5.74) is 1.09. The van der Waals surface area contributed by atoms with Gasteiger partial charge in [-0.15, -0.1) is 0 Å². The van der Waals surface area contributed by atoms with Crippen LogP contribution in [0.3, 0.4) is 0 Å². The fraction of sp³-hybridized carbons (Fsp3) is 0.250. The highest BCUT2D eigenvalue weighted by atomic mass is 19.2. The van der Waals surface area contributed by atoms with E-state index in [9.17, 15) is 8.78 Å². The van der Waals surface area contributed by atoms with Crippen molar-refractivity contribution in [1.29, 1.82) is 0 Å². The first-order valence-electron chi connectivity index (χ1n) is 6.49. The molecule has 4 heteroatoms. The second-order valence-corrected chi connectivity index (χ2v) is 4.77. The van der Waals surface area contributed by atoms with Crippen molar-refractivity contribution in [3.63, 3.8) is 0 Å². The first-order chi connectivity index (χ1) is 9.56. The zero-order valence-electron chi connectivity index (χ0n) is 11.5. The highest BCUT2D eigenvalue weighted by Crippen LogP contribution is 2.19. The molecule has 0 amide bonds. The monoisotopic (exact) mass is 277 g/mol. The molecule has 0 aliphatic rings. The van der Waals surface area contributed by atoms with Gasteiger partial charge in [0.1, 0.15) is 5.75 Å². The summed E-state index contributed by atoms with van der Waals surface area (Å²) in [7, 11) is 0. The standard InChI is InChI=1S/C16H17F2NO/c1-11(2)20-13-6-3-5-12(9-13)10-19-15-8-4-7-14(17)16(15)18/h3-9,11,19H,10H2,1-2H3. The lowest BCUT2D eigenvalue weighted by Crippen LogP contribution is -2.06. The van der Waals surface area contributed by atoms with Gasteiger partial charge in [0.2, 0.25) is 0 Å². The summed E-state index contributed by atoms with van der Waals surface area (Å²) in [6.07, 6.45) is 0.0962. The molecular formula is C16H17F2NO. The van der Waals surface area contributed by atoms with Gasteiger partial charge in [0, 0.05) is 6.54 Å². The molecule has 0 radical (unpaired) electrons. The van der Waals surface area contributed by atoms with Gasteiger partial charge in [-0.1, -0.05) is 18.2 Å². The van der Waals surface area contributed by atoms with Gasteiger partial charge in [-0.2, -0.15) is 0 Å². The van der Waals surface area contributed by atoms with Crippen molar-refractivity contribution in [2.75, 3.05) is 5.32 Å². The van der Waals surface area contributed by atoms with E-state index in [0.29, 0.717) is 6.54 Å². The average Bonchev–Trinajstić information content (AvgIpc) is 2.40. The molecule has 0 fully saturated rings. The van der Waals surface area contributed by atoms with E-state index in [1.54, 1.807) is 0 Å². The Bertz CT molecular complexity index is 584. The normalized spacial score (nSPS) is 10.7. The number of rotatable bonds is 5. The highest BCUT2D eigenvalue weighted by Gasteiger charge is 2.07. The first-order valence-corrected chi connectivity index (χ1v) is 6.49. The number of ether oxygens (including phenoxy) is 1. The van der Waals surface area contributed by atoms with Crippen molar-refractivity contribution in [3.05, 3.63) is 59.7 Å².